The van der Waals surface area contributed by atoms with Crippen molar-refractivity contribution in [2.45, 2.75) is 6.54 Å². The standard InChI is InChI=1S/C24H16Cl2N2O2/c25-16-9-14(10-17(26)12-16)13-28-20-4-1-3-19(24(27)29)23(20)18-7-6-15(11-21(18)28)22-5-2-8-30-22/h1-12H,13H2,(H2,27,29). The van der Waals surface area contributed by atoms with Gasteiger partial charge in [-0.15, -0.1) is 0 Å². The topological polar surface area (TPSA) is 61.2 Å². The van der Waals surface area contributed by atoms with Crippen molar-refractivity contribution in [2.24, 2.45) is 5.73 Å². The number of amides is 1. The van der Waals surface area contributed by atoms with Crippen LogP contribution >= 0.6 is 23.2 Å². The van der Waals surface area contributed by atoms with Crippen molar-refractivity contribution in [2.75, 3.05) is 0 Å². The number of furan rings is 1. The van der Waals surface area contributed by atoms with Crippen LogP contribution in [0, 0.1) is 0 Å². The molecule has 3 aromatic carbocycles. The van der Waals surface area contributed by atoms with Crippen LogP contribution in [-0.2, 0) is 6.54 Å². The summed E-state index contributed by atoms with van der Waals surface area (Å²) in [6, 6.07) is 20.9. The second kappa shape index (κ2) is 7.24. The van der Waals surface area contributed by atoms with Gasteiger partial charge in [0, 0.05) is 38.5 Å². The maximum atomic E-state index is 12.1. The molecular weight excluding hydrogens is 419 g/mol. The number of benzene rings is 3. The van der Waals surface area contributed by atoms with Crippen molar-refractivity contribution in [1.82, 2.24) is 4.57 Å². The van der Waals surface area contributed by atoms with Crippen molar-refractivity contribution in [3.05, 3.63) is 94.2 Å². The van der Waals surface area contributed by atoms with Gasteiger partial charge in [0.15, 0.2) is 0 Å². The molecule has 0 saturated carbocycles. The number of halogens is 2. The monoisotopic (exact) mass is 434 g/mol. The molecule has 0 saturated heterocycles. The van der Waals surface area contributed by atoms with E-state index >= 15 is 0 Å². The van der Waals surface area contributed by atoms with Gasteiger partial charge in [-0.1, -0.05) is 41.4 Å². The number of nitrogens with two attached hydrogens (primary N) is 1. The third-order valence-electron chi connectivity index (χ3n) is 5.23. The van der Waals surface area contributed by atoms with Crippen LogP contribution in [0.3, 0.4) is 0 Å². The van der Waals surface area contributed by atoms with Crippen molar-refractivity contribution in [3.8, 4) is 11.3 Å². The average molecular weight is 435 g/mol. The molecule has 0 unspecified atom stereocenters. The second-order valence-electron chi connectivity index (χ2n) is 7.14. The molecular formula is C24H16Cl2N2O2. The Morgan fingerprint density at radius 3 is 2.43 bits per heavy atom. The first-order valence-electron chi connectivity index (χ1n) is 9.35. The molecule has 0 atom stereocenters. The summed E-state index contributed by atoms with van der Waals surface area (Å²) in [6.45, 7) is 0.532. The average Bonchev–Trinajstić information content (AvgIpc) is 3.34. The minimum Gasteiger partial charge on any atom is -0.464 e. The molecule has 0 spiro atoms. The minimum absolute atomic E-state index is 0.458. The van der Waals surface area contributed by atoms with Crippen LogP contribution in [0.1, 0.15) is 15.9 Å². The maximum absolute atomic E-state index is 12.1. The van der Waals surface area contributed by atoms with Crippen molar-refractivity contribution >= 4 is 50.9 Å². The molecule has 4 nitrogen and oxygen atoms in total. The van der Waals surface area contributed by atoms with E-state index in [9.17, 15) is 4.79 Å². The van der Waals surface area contributed by atoms with Gasteiger partial charge in [-0.3, -0.25) is 4.79 Å². The Hall–Kier alpha value is -3.21. The molecule has 0 bridgehead atoms. The lowest BCUT2D eigenvalue weighted by Gasteiger charge is -2.10. The van der Waals surface area contributed by atoms with E-state index in [1.165, 1.54) is 0 Å². The van der Waals surface area contributed by atoms with Crippen LogP contribution in [-0.4, -0.2) is 10.5 Å². The molecule has 0 aliphatic rings. The summed E-state index contributed by atoms with van der Waals surface area (Å²) in [5.74, 6) is 0.315. The van der Waals surface area contributed by atoms with E-state index < -0.39 is 5.91 Å². The van der Waals surface area contributed by atoms with Gasteiger partial charge in [-0.05, 0) is 54.1 Å². The molecule has 0 aliphatic carbocycles. The predicted molar refractivity (Wildman–Crippen MR) is 121 cm³/mol. The molecule has 2 N–H and O–H groups in total. The zero-order valence-electron chi connectivity index (χ0n) is 15.7. The SMILES string of the molecule is NC(=O)c1cccc2c1c1ccc(-c3ccco3)cc1n2Cc1cc(Cl)cc(Cl)c1. The molecule has 2 heterocycles. The Morgan fingerprint density at radius 1 is 0.933 bits per heavy atom. The lowest BCUT2D eigenvalue weighted by atomic mass is 10.0. The summed E-state index contributed by atoms with van der Waals surface area (Å²) >= 11 is 12.4. The molecule has 5 rings (SSSR count). The smallest absolute Gasteiger partial charge is 0.249 e. The number of fused-ring (bicyclic) bond motifs is 3. The summed E-state index contributed by atoms with van der Waals surface area (Å²) in [4.78, 5) is 12.1. The predicted octanol–water partition coefficient (Wildman–Crippen LogP) is 6.51. The molecule has 0 radical (unpaired) electrons. The molecule has 0 aliphatic heterocycles. The molecule has 5 aromatic rings. The van der Waals surface area contributed by atoms with E-state index in [0.29, 0.717) is 22.2 Å². The fourth-order valence-electron chi connectivity index (χ4n) is 4.00. The first-order chi connectivity index (χ1) is 14.5. The number of carbonyl (C=O) groups is 1. The first-order valence-corrected chi connectivity index (χ1v) is 10.1. The van der Waals surface area contributed by atoms with Crippen LogP contribution < -0.4 is 5.73 Å². The van der Waals surface area contributed by atoms with Crippen LogP contribution in [0.15, 0.2) is 77.4 Å². The van der Waals surface area contributed by atoms with Crippen molar-refractivity contribution < 1.29 is 9.21 Å². The zero-order valence-corrected chi connectivity index (χ0v) is 17.2. The highest BCUT2D eigenvalue weighted by Gasteiger charge is 2.18. The van der Waals surface area contributed by atoms with E-state index in [2.05, 4.69) is 10.6 Å². The van der Waals surface area contributed by atoms with Gasteiger partial charge in [0.05, 0.1) is 17.3 Å². The quantitative estimate of drug-likeness (QED) is 0.350. The number of hydrogen-bond acceptors (Lipinski definition) is 2. The Balaban J connectivity index is 1.82. The molecule has 1 amide bonds. The summed E-state index contributed by atoms with van der Waals surface area (Å²) < 4.78 is 7.72. The first kappa shape index (κ1) is 18.8. The van der Waals surface area contributed by atoms with Crippen LogP contribution in [0.2, 0.25) is 10.0 Å². The lowest BCUT2D eigenvalue weighted by molar-refractivity contribution is 0.100. The number of aromatic nitrogens is 1. The highest BCUT2D eigenvalue weighted by molar-refractivity contribution is 6.34. The Labute approximate surface area is 182 Å². The van der Waals surface area contributed by atoms with Crippen molar-refractivity contribution in [1.29, 1.82) is 0 Å². The molecule has 148 valence electrons. The summed E-state index contributed by atoms with van der Waals surface area (Å²) in [6.07, 6.45) is 1.65. The lowest BCUT2D eigenvalue weighted by Crippen LogP contribution is -2.11. The van der Waals surface area contributed by atoms with Crippen LogP contribution in [0.5, 0.6) is 0 Å². The van der Waals surface area contributed by atoms with Gasteiger partial charge in [0.2, 0.25) is 5.91 Å². The number of rotatable bonds is 4. The largest absolute Gasteiger partial charge is 0.464 e. The third kappa shape index (κ3) is 3.15. The molecule has 6 heteroatoms. The van der Waals surface area contributed by atoms with E-state index in [1.54, 1.807) is 18.4 Å². The summed E-state index contributed by atoms with van der Waals surface area (Å²) in [7, 11) is 0. The van der Waals surface area contributed by atoms with Gasteiger partial charge >= 0.3 is 0 Å². The Morgan fingerprint density at radius 2 is 1.73 bits per heavy atom. The van der Waals surface area contributed by atoms with Gasteiger partial charge in [-0.2, -0.15) is 0 Å². The molecule has 2 aromatic heterocycles. The number of nitrogens with zero attached hydrogens (tertiary/aromatic N) is 1. The summed E-state index contributed by atoms with van der Waals surface area (Å²) in [5, 5.41) is 2.93. The van der Waals surface area contributed by atoms with E-state index in [-0.39, 0.29) is 0 Å². The van der Waals surface area contributed by atoms with Crippen LogP contribution in [0.25, 0.3) is 33.1 Å². The van der Waals surface area contributed by atoms with Gasteiger partial charge in [-0.25, -0.2) is 0 Å². The maximum Gasteiger partial charge on any atom is 0.249 e. The van der Waals surface area contributed by atoms with Gasteiger partial charge in [0.1, 0.15) is 5.76 Å². The highest BCUT2D eigenvalue weighted by Crippen LogP contribution is 2.35. The minimum atomic E-state index is -0.458. The fourth-order valence-corrected chi connectivity index (χ4v) is 4.57. The molecule has 0 fully saturated rings. The Kier molecular flexibility index (Phi) is 4.54. The second-order valence-corrected chi connectivity index (χ2v) is 8.01. The van der Waals surface area contributed by atoms with E-state index in [4.69, 9.17) is 33.4 Å². The zero-order chi connectivity index (χ0) is 20.8. The van der Waals surface area contributed by atoms with E-state index in [0.717, 1.165) is 38.7 Å². The highest BCUT2D eigenvalue weighted by atomic mass is 35.5. The number of primary amides is 1. The fraction of sp³-hybridized carbons (Fsp3) is 0.0417. The molecule has 30 heavy (non-hydrogen) atoms. The number of hydrogen-bond donors (Lipinski definition) is 1. The Bertz CT molecular complexity index is 1400. The number of carbonyl (C=O) groups excluding carboxylic acids is 1. The van der Waals surface area contributed by atoms with E-state index in [1.807, 2.05) is 48.5 Å². The van der Waals surface area contributed by atoms with Crippen LogP contribution in [0.4, 0.5) is 0 Å². The third-order valence-corrected chi connectivity index (χ3v) is 5.66. The van der Waals surface area contributed by atoms with Crippen molar-refractivity contribution in [3.63, 3.8) is 0 Å². The normalized spacial score (nSPS) is 11.4. The summed E-state index contributed by atoms with van der Waals surface area (Å²) in [5.41, 5.74) is 9.95. The van der Waals surface area contributed by atoms with Gasteiger partial charge < -0.3 is 14.7 Å². The van der Waals surface area contributed by atoms with Gasteiger partial charge in [0.25, 0.3) is 0 Å².